The summed E-state index contributed by atoms with van der Waals surface area (Å²) in [7, 11) is 0. The van der Waals surface area contributed by atoms with Crippen LogP contribution >= 0.6 is 0 Å². The average molecular weight is 462 g/mol. The minimum atomic E-state index is -0.133. The molecule has 0 bridgehead atoms. The Morgan fingerprint density at radius 1 is 1.15 bits per heavy atom. The van der Waals surface area contributed by atoms with E-state index in [1.54, 1.807) is 6.33 Å². The van der Waals surface area contributed by atoms with Crippen LogP contribution in [0.1, 0.15) is 45.0 Å². The lowest BCUT2D eigenvalue weighted by Gasteiger charge is -2.34. The van der Waals surface area contributed by atoms with Crippen LogP contribution < -0.4 is 0 Å². The molecule has 0 unspecified atom stereocenters. The Balaban J connectivity index is 1.38. The van der Waals surface area contributed by atoms with Crippen LogP contribution in [-0.4, -0.2) is 68.5 Å². The number of amides is 1. The summed E-state index contributed by atoms with van der Waals surface area (Å²) in [6.45, 7) is 16.2. The van der Waals surface area contributed by atoms with Crippen molar-refractivity contribution in [2.45, 2.75) is 40.2 Å². The molecule has 3 heterocycles. The average Bonchev–Trinajstić information content (AvgIpc) is 3.46. The number of ether oxygens (including phenoxy) is 1. The van der Waals surface area contributed by atoms with Gasteiger partial charge in [0.05, 0.1) is 5.54 Å². The fourth-order valence-electron chi connectivity index (χ4n) is 3.66. The summed E-state index contributed by atoms with van der Waals surface area (Å²) in [5.74, 6) is 1.81. The summed E-state index contributed by atoms with van der Waals surface area (Å²) in [6, 6.07) is 7.99. The van der Waals surface area contributed by atoms with Crippen molar-refractivity contribution in [2.24, 2.45) is 9.98 Å². The third-order valence-electron chi connectivity index (χ3n) is 5.59. The lowest BCUT2D eigenvalue weighted by atomic mass is 10.1. The van der Waals surface area contributed by atoms with E-state index in [9.17, 15) is 4.79 Å². The van der Waals surface area contributed by atoms with Gasteiger partial charge in [-0.25, -0.2) is 14.7 Å². The number of amidine groups is 2. The molecule has 2 aliphatic rings. The minimum absolute atomic E-state index is 0.00679. The first-order chi connectivity index (χ1) is 16.2. The first-order valence-corrected chi connectivity index (χ1v) is 11.4. The van der Waals surface area contributed by atoms with Crippen LogP contribution in [0.3, 0.4) is 0 Å². The monoisotopic (exact) mass is 461 g/mol. The second kappa shape index (κ2) is 9.24. The molecule has 0 atom stereocenters. The lowest BCUT2D eigenvalue weighted by Crippen LogP contribution is -2.50. The molecule has 2 aromatic rings. The normalized spacial score (nSPS) is 18.9. The van der Waals surface area contributed by atoms with Crippen LogP contribution in [0.15, 0.2) is 64.7 Å². The first kappa shape index (κ1) is 23.4. The molecule has 0 radical (unpaired) electrons. The highest BCUT2D eigenvalue weighted by molar-refractivity contribution is 6.09. The summed E-state index contributed by atoms with van der Waals surface area (Å²) in [4.78, 5) is 30.2. The van der Waals surface area contributed by atoms with Crippen LogP contribution in [0, 0.1) is 0 Å². The zero-order chi connectivity index (χ0) is 24.5. The molecule has 0 saturated carbocycles. The van der Waals surface area contributed by atoms with Gasteiger partial charge in [-0.15, -0.1) is 0 Å². The molecule has 9 nitrogen and oxygen atoms in total. The highest BCUT2D eigenvalue weighted by atomic mass is 16.5. The SMILES string of the molecule is C=C(C)N=C1N=C(N2CCN(C(=O)c3ccc(-c4ncn(C(C)(C)C)n4)cc3)CC2)O/C1=C/C. The number of piperazine rings is 1. The van der Waals surface area contributed by atoms with Crippen molar-refractivity contribution in [3.05, 3.63) is 60.3 Å². The van der Waals surface area contributed by atoms with E-state index in [0.29, 0.717) is 60.9 Å². The number of rotatable bonds is 3. The van der Waals surface area contributed by atoms with Gasteiger partial charge in [-0.2, -0.15) is 10.1 Å². The number of carbonyl (C=O) groups excluding carboxylic acids is 1. The summed E-state index contributed by atoms with van der Waals surface area (Å²) in [5, 5.41) is 4.56. The first-order valence-electron chi connectivity index (χ1n) is 11.4. The number of nitrogens with zero attached hydrogens (tertiary/aromatic N) is 7. The molecule has 1 aromatic heterocycles. The lowest BCUT2D eigenvalue weighted by molar-refractivity contribution is 0.0679. The number of aromatic nitrogens is 3. The number of benzene rings is 1. The zero-order valence-electron chi connectivity index (χ0n) is 20.4. The van der Waals surface area contributed by atoms with E-state index in [2.05, 4.69) is 47.4 Å². The molecule has 1 amide bonds. The second-order valence-electron chi connectivity index (χ2n) is 9.36. The van der Waals surface area contributed by atoms with Crippen molar-refractivity contribution in [1.29, 1.82) is 0 Å². The molecule has 34 heavy (non-hydrogen) atoms. The summed E-state index contributed by atoms with van der Waals surface area (Å²) < 4.78 is 7.71. The Hall–Kier alpha value is -3.75. The Morgan fingerprint density at radius 2 is 1.82 bits per heavy atom. The van der Waals surface area contributed by atoms with Crippen molar-refractivity contribution in [3.8, 4) is 11.4 Å². The van der Waals surface area contributed by atoms with Crippen molar-refractivity contribution in [2.75, 3.05) is 26.2 Å². The molecule has 1 fully saturated rings. The number of carbonyl (C=O) groups is 1. The van der Waals surface area contributed by atoms with Crippen LogP contribution in [0.5, 0.6) is 0 Å². The Morgan fingerprint density at radius 3 is 2.38 bits per heavy atom. The highest BCUT2D eigenvalue weighted by Gasteiger charge is 2.29. The molecular formula is C25H31N7O2. The van der Waals surface area contributed by atoms with E-state index in [-0.39, 0.29) is 11.4 Å². The Labute approximate surface area is 200 Å². The standard InChI is InChI=1S/C25H31N7O2/c1-7-20-22(27-17(2)3)28-24(34-20)31-14-12-30(13-15-31)23(33)19-10-8-18(9-11-19)21-26-16-32(29-21)25(4,5)6/h7-11,16H,2,12-15H2,1,3-6H3/b20-7+,27-22?. The molecule has 0 N–H and O–H groups in total. The third-order valence-corrected chi connectivity index (χ3v) is 5.59. The van der Waals surface area contributed by atoms with Gasteiger partial charge in [-0.3, -0.25) is 4.79 Å². The number of hydrogen-bond acceptors (Lipinski definition) is 6. The molecule has 1 saturated heterocycles. The van der Waals surface area contributed by atoms with Gasteiger partial charge in [0.15, 0.2) is 11.6 Å². The minimum Gasteiger partial charge on any atom is -0.422 e. The van der Waals surface area contributed by atoms with Crippen molar-refractivity contribution < 1.29 is 9.53 Å². The molecule has 9 heteroatoms. The molecule has 0 spiro atoms. The van der Waals surface area contributed by atoms with E-state index in [1.807, 2.05) is 58.7 Å². The largest absolute Gasteiger partial charge is 0.422 e. The van der Waals surface area contributed by atoms with Crippen LogP contribution in [0.2, 0.25) is 0 Å². The van der Waals surface area contributed by atoms with Crippen molar-refractivity contribution >= 4 is 17.8 Å². The molecule has 1 aromatic carbocycles. The predicted molar refractivity (Wildman–Crippen MR) is 132 cm³/mol. The van der Waals surface area contributed by atoms with Gasteiger partial charge in [0, 0.05) is 43.0 Å². The fourth-order valence-corrected chi connectivity index (χ4v) is 3.66. The van der Waals surface area contributed by atoms with Gasteiger partial charge in [0.1, 0.15) is 6.33 Å². The Bertz CT molecular complexity index is 1170. The van der Waals surface area contributed by atoms with Crippen LogP contribution in [0.25, 0.3) is 11.4 Å². The molecule has 178 valence electrons. The van der Waals surface area contributed by atoms with Crippen LogP contribution in [-0.2, 0) is 10.3 Å². The Kier molecular flexibility index (Phi) is 6.37. The van der Waals surface area contributed by atoms with Gasteiger partial charge >= 0.3 is 0 Å². The van der Waals surface area contributed by atoms with E-state index in [4.69, 9.17) is 4.74 Å². The smallest absolute Gasteiger partial charge is 0.300 e. The van der Waals surface area contributed by atoms with E-state index < -0.39 is 0 Å². The maximum absolute atomic E-state index is 13.1. The van der Waals surface area contributed by atoms with Crippen LogP contribution in [0.4, 0.5) is 0 Å². The van der Waals surface area contributed by atoms with E-state index >= 15 is 0 Å². The van der Waals surface area contributed by atoms with E-state index in [0.717, 1.165) is 5.56 Å². The second-order valence-corrected chi connectivity index (χ2v) is 9.36. The molecule has 0 aliphatic carbocycles. The topological polar surface area (TPSA) is 88.2 Å². The maximum Gasteiger partial charge on any atom is 0.300 e. The fraction of sp³-hybridized carbons (Fsp3) is 0.400. The quantitative estimate of drug-likeness (QED) is 0.696. The summed E-state index contributed by atoms with van der Waals surface area (Å²) in [6.07, 6.45) is 3.57. The molecular weight excluding hydrogens is 430 g/mol. The van der Waals surface area contributed by atoms with Gasteiger partial charge in [-0.1, -0.05) is 18.7 Å². The van der Waals surface area contributed by atoms with Gasteiger partial charge in [-0.05, 0) is 52.8 Å². The van der Waals surface area contributed by atoms with Gasteiger partial charge < -0.3 is 14.5 Å². The predicted octanol–water partition coefficient (Wildman–Crippen LogP) is 3.68. The van der Waals surface area contributed by atoms with Gasteiger partial charge in [0.25, 0.3) is 11.9 Å². The molecule has 4 rings (SSSR count). The number of allylic oxidation sites excluding steroid dienone is 2. The zero-order valence-corrected chi connectivity index (χ0v) is 20.4. The number of aliphatic imine (C=N–C) groups is 2. The third kappa shape index (κ3) is 4.93. The van der Waals surface area contributed by atoms with Crippen molar-refractivity contribution in [1.82, 2.24) is 24.6 Å². The van der Waals surface area contributed by atoms with E-state index in [1.165, 1.54) is 0 Å². The summed E-state index contributed by atoms with van der Waals surface area (Å²) in [5.41, 5.74) is 2.07. The summed E-state index contributed by atoms with van der Waals surface area (Å²) >= 11 is 0. The van der Waals surface area contributed by atoms with Crippen molar-refractivity contribution in [3.63, 3.8) is 0 Å². The highest BCUT2D eigenvalue weighted by Crippen LogP contribution is 2.21. The maximum atomic E-state index is 13.1. The van der Waals surface area contributed by atoms with Gasteiger partial charge in [0.2, 0.25) is 5.84 Å². The molecule has 2 aliphatic heterocycles. The number of hydrogen-bond donors (Lipinski definition) is 0.